The lowest BCUT2D eigenvalue weighted by molar-refractivity contribution is -0.122. The molecule has 0 saturated carbocycles. The van der Waals surface area contributed by atoms with Gasteiger partial charge in [0.1, 0.15) is 30.5 Å². The Bertz CT molecular complexity index is 1880. The molecule has 0 bridgehead atoms. The monoisotopic (exact) mass is 736 g/mol. The number of phenolic OH excluding ortho intramolecular Hbond substituents is 1. The molecule has 4 aromatic carbocycles. The van der Waals surface area contributed by atoms with Gasteiger partial charge in [0.05, 0.1) is 19.3 Å². The number of hydrogen-bond acceptors (Lipinski definition) is 10. The molecule has 1 saturated heterocycles. The maximum Gasteiger partial charge on any atom is 0.254 e. The zero-order valence-corrected chi connectivity index (χ0v) is 29.2. The van der Waals surface area contributed by atoms with Gasteiger partial charge in [-0.3, -0.25) is 14.6 Å². The van der Waals surface area contributed by atoms with Gasteiger partial charge in [-0.25, -0.2) is 5.43 Å². The molecular weight excluding hydrogens is 703 g/mol. The second kappa shape index (κ2) is 17.8. The third-order valence-corrected chi connectivity index (χ3v) is 8.26. The molecule has 1 fully saturated rings. The lowest BCUT2D eigenvalue weighted by atomic mass is 10.1. The topological polar surface area (TPSA) is 126 Å². The number of phenols is 1. The molecule has 0 unspecified atom stereocenters. The van der Waals surface area contributed by atoms with Crippen LogP contribution in [0.2, 0.25) is 10.0 Å². The maximum absolute atomic E-state index is 12.6. The van der Waals surface area contributed by atoms with Crippen LogP contribution in [0.4, 0.5) is 0 Å². The van der Waals surface area contributed by atoms with Gasteiger partial charge in [0, 0.05) is 47.4 Å². The highest BCUT2D eigenvalue weighted by molar-refractivity contribution is 6.30. The third kappa shape index (κ3) is 10.7. The fraction of sp³-hybridized carbons (Fsp3) is 0.222. The predicted molar refractivity (Wildman–Crippen MR) is 194 cm³/mol. The van der Waals surface area contributed by atoms with Crippen molar-refractivity contribution >= 4 is 47.7 Å². The summed E-state index contributed by atoms with van der Waals surface area (Å²) >= 11 is 12.0. The molecule has 260 valence electrons. The van der Waals surface area contributed by atoms with Gasteiger partial charge in [0.15, 0.2) is 0 Å². The smallest absolute Gasteiger partial charge is 0.254 e. The number of hydrogen-bond donors (Lipinski definition) is 2. The number of piperazine rings is 1. The van der Waals surface area contributed by atoms with E-state index >= 15 is 0 Å². The van der Waals surface area contributed by atoms with E-state index in [9.17, 15) is 9.90 Å². The van der Waals surface area contributed by atoms with Crippen LogP contribution in [0.25, 0.3) is 11.4 Å². The molecule has 2 N–H and O–H groups in total. The van der Waals surface area contributed by atoms with Crippen LogP contribution < -0.4 is 14.9 Å². The average molecular weight is 738 g/mol. The van der Waals surface area contributed by atoms with Crippen molar-refractivity contribution < 1.29 is 23.9 Å². The Balaban J connectivity index is 0.00000486. The quantitative estimate of drug-likeness (QED) is 0.102. The van der Waals surface area contributed by atoms with E-state index < -0.39 is 0 Å². The summed E-state index contributed by atoms with van der Waals surface area (Å²) in [5, 5.41) is 19.7. The highest BCUT2D eigenvalue weighted by Gasteiger charge is 2.21. The zero-order valence-electron chi connectivity index (χ0n) is 26.9. The number of ether oxygens (including phenoxy) is 2. The Labute approximate surface area is 305 Å². The van der Waals surface area contributed by atoms with Gasteiger partial charge in [-0.15, -0.1) is 12.4 Å². The maximum atomic E-state index is 12.6. The summed E-state index contributed by atoms with van der Waals surface area (Å²) in [5.41, 5.74) is 5.75. The van der Waals surface area contributed by atoms with Gasteiger partial charge in [0.2, 0.25) is 11.7 Å². The molecule has 5 aromatic rings. The number of rotatable bonds is 13. The van der Waals surface area contributed by atoms with Crippen LogP contribution in [0.5, 0.6) is 17.2 Å². The van der Waals surface area contributed by atoms with E-state index in [1.54, 1.807) is 30.3 Å². The Kier molecular flexibility index (Phi) is 13.1. The molecule has 0 atom stereocenters. The molecule has 14 heteroatoms. The molecule has 11 nitrogen and oxygen atoms in total. The summed E-state index contributed by atoms with van der Waals surface area (Å²) in [4.78, 5) is 21.4. The standard InChI is InChI=1S/C36H34Cl2N6O5.ClH/c37-29-8-10-31(11-9-29)47-23-25-4-6-27(7-5-25)36-40-35(49-42-36)22-44-16-14-43(15-17-44)21-34(46)41-39-20-28-19-32(12-13-33(28)45)48-24-26-2-1-3-30(38)18-26;/h1-13,18-20,45H,14-17,21-24H2,(H,41,46);1H. The normalized spacial score (nSPS) is 13.6. The SMILES string of the molecule is Cl.O=C(CN1CCN(Cc2nc(-c3ccc(COc4ccc(Cl)cc4)cc3)no2)CC1)NN=Cc1cc(OCc2cccc(Cl)c2)ccc1O. The fourth-order valence-electron chi connectivity index (χ4n) is 5.11. The summed E-state index contributed by atoms with van der Waals surface area (Å²) in [7, 11) is 0. The third-order valence-electron chi connectivity index (χ3n) is 7.78. The number of nitrogens with zero attached hydrogens (tertiary/aromatic N) is 5. The predicted octanol–water partition coefficient (Wildman–Crippen LogP) is 6.60. The fourth-order valence-corrected chi connectivity index (χ4v) is 5.45. The number of carbonyl (C=O) groups excluding carboxylic acids is 1. The van der Waals surface area contributed by atoms with Gasteiger partial charge in [-0.1, -0.05) is 64.8 Å². The lowest BCUT2D eigenvalue weighted by Crippen LogP contribution is -2.48. The number of aromatic nitrogens is 2. The Hall–Kier alpha value is -4.65. The molecule has 1 aliphatic rings. The van der Waals surface area contributed by atoms with E-state index in [2.05, 4.69) is 30.5 Å². The molecule has 0 spiro atoms. The van der Waals surface area contributed by atoms with Crippen molar-refractivity contribution in [2.24, 2.45) is 5.10 Å². The zero-order chi connectivity index (χ0) is 34.0. The Morgan fingerprint density at radius 2 is 1.56 bits per heavy atom. The first-order chi connectivity index (χ1) is 23.9. The van der Waals surface area contributed by atoms with Crippen molar-refractivity contribution in [3.8, 4) is 28.6 Å². The minimum atomic E-state index is -0.248. The van der Waals surface area contributed by atoms with Crippen LogP contribution in [0, 0.1) is 0 Å². The van der Waals surface area contributed by atoms with Crippen molar-refractivity contribution in [1.82, 2.24) is 25.4 Å². The van der Waals surface area contributed by atoms with Crippen LogP contribution in [0.15, 0.2) is 101 Å². The molecule has 50 heavy (non-hydrogen) atoms. The number of aromatic hydroxyl groups is 1. The first-order valence-corrected chi connectivity index (χ1v) is 16.4. The first-order valence-electron chi connectivity index (χ1n) is 15.6. The van der Waals surface area contributed by atoms with Crippen LogP contribution in [-0.2, 0) is 24.6 Å². The molecule has 1 amide bonds. The van der Waals surface area contributed by atoms with Crippen molar-refractivity contribution in [2.45, 2.75) is 19.8 Å². The van der Waals surface area contributed by atoms with E-state index in [-0.39, 0.29) is 30.6 Å². The molecular formula is C36H35Cl3N6O5. The van der Waals surface area contributed by atoms with Crippen LogP contribution in [0.3, 0.4) is 0 Å². The summed E-state index contributed by atoms with van der Waals surface area (Å²) in [6.45, 7) is 4.36. The van der Waals surface area contributed by atoms with Crippen molar-refractivity contribution in [1.29, 1.82) is 0 Å². The molecule has 0 aliphatic carbocycles. The number of amides is 1. The van der Waals surface area contributed by atoms with Crippen molar-refractivity contribution in [3.05, 3.63) is 124 Å². The van der Waals surface area contributed by atoms with E-state index in [4.69, 9.17) is 37.2 Å². The molecule has 1 aromatic heterocycles. The molecule has 1 aliphatic heterocycles. The number of benzene rings is 4. The molecule has 2 heterocycles. The Morgan fingerprint density at radius 3 is 2.32 bits per heavy atom. The van der Waals surface area contributed by atoms with Crippen LogP contribution >= 0.6 is 35.6 Å². The van der Waals surface area contributed by atoms with Gasteiger partial charge in [-0.05, 0) is 65.7 Å². The number of halogens is 3. The van der Waals surface area contributed by atoms with Crippen LogP contribution in [0.1, 0.15) is 22.6 Å². The van der Waals surface area contributed by atoms with E-state index in [0.29, 0.717) is 65.9 Å². The van der Waals surface area contributed by atoms with Gasteiger partial charge in [0.25, 0.3) is 5.91 Å². The van der Waals surface area contributed by atoms with E-state index in [0.717, 1.165) is 35.5 Å². The van der Waals surface area contributed by atoms with Crippen LogP contribution in [-0.4, -0.2) is 69.9 Å². The van der Waals surface area contributed by atoms with Gasteiger partial charge in [-0.2, -0.15) is 10.1 Å². The largest absolute Gasteiger partial charge is 0.507 e. The van der Waals surface area contributed by atoms with Crippen molar-refractivity contribution in [2.75, 3.05) is 32.7 Å². The number of carbonyl (C=O) groups is 1. The number of hydrazone groups is 1. The van der Waals surface area contributed by atoms with E-state index in [1.807, 2.05) is 54.6 Å². The van der Waals surface area contributed by atoms with Gasteiger partial charge < -0.3 is 19.1 Å². The minimum Gasteiger partial charge on any atom is -0.507 e. The van der Waals surface area contributed by atoms with E-state index in [1.165, 1.54) is 12.3 Å². The molecule has 0 radical (unpaired) electrons. The molecule has 6 rings (SSSR count). The summed E-state index contributed by atoms with van der Waals surface area (Å²) in [6.07, 6.45) is 1.39. The summed E-state index contributed by atoms with van der Waals surface area (Å²) < 4.78 is 17.2. The lowest BCUT2D eigenvalue weighted by Gasteiger charge is -2.33. The highest BCUT2D eigenvalue weighted by Crippen LogP contribution is 2.23. The second-order valence-corrected chi connectivity index (χ2v) is 12.3. The second-order valence-electron chi connectivity index (χ2n) is 11.4. The average Bonchev–Trinajstić information content (AvgIpc) is 3.58. The summed E-state index contributed by atoms with van der Waals surface area (Å²) in [5.74, 6) is 2.14. The van der Waals surface area contributed by atoms with Crippen molar-refractivity contribution in [3.63, 3.8) is 0 Å². The number of nitrogens with one attached hydrogen (secondary N) is 1. The highest BCUT2D eigenvalue weighted by atomic mass is 35.5. The minimum absolute atomic E-state index is 0. The first kappa shape index (κ1) is 36.6. The van der Waals surface area contributed by atoms with Gasteiger partial charge >= 0.3 is 0 Å². The summed E-state index contributed by atoms with van der Waals surface area (Å²) in [6, 6.07) is 27.3. The Morgan fingerprint density at radius 1 is 0.860 bits per heavy atom.